The van der Waals surface area contributed by atoms with Crippen LogP contribution in [0, 0.1) is 0 Å². The van der Waals surface area contributed by atoms with Crippen LogP contribution in [-0.4, -0.2) is 37.6 Å². The highest BCUT2D eigenvalue weighted by molar-refractivity contribution is 5.57. The van der Waals surface area contributed by atoms with E-state index in [1.54, 1.807) is 18.5 Å². The molecule has 3 N–H and O–H groups in total. The third-order valence-electron chi connectivity index (χ3n) is 2.68. The third kappa shape index (κ3) is 3.59. The number of H-pyrrole nitrogens is 1. The zero-order valence-corrected chi connectivity index (χ0v) is 11.4. The molecule has 6 nitrogen and oxygen atoms in total. The topological polar surface area (TPSA) is 86.7 Å². The molecule has 0 saturated heterocycles. The summed E-state index contributed by atoms with van der Waals surface area (Å²) in [7, 11) is 0. The van der Waals surface area contributed by atoms with Crippen molar-refractivity contribution >= 4 is 0 Å². The summed E-state index contributed by atoms with van der Waals surface area (Å²) in [5.41, 5.74) is 1.98. The first kappa shape index (κ1) is 13.6. The summed E-state index contributed by atoms with van der Waals surface area (Å²) < 4.78 is 0. The Bertz CT molecular complexity index is 518. The van der Waals surface area contributed by atoms with Gasteiger partial charge in [-0.2, -0.15) is 0 Å². The summed E-state index contributed by atoms with van der Waals surface area (Å²) >= 11 is 0. The van der Waals surface area contributed by atoms with E-state index < -0.39 is 6.10 Å². The third-order valence-corrected chi connectivity index (χ3v) is 2.68. The van der Waals surface area contributed by atoms with Gasteiger partial charge in [-0.1, -0.05) is 11.3 Å². The molecule has 0 radical (unpaired) electrons. The van der Waals surface area contributed by atoms with Crippen LogP contribution in [0.25, 0.3) is 11.4 Å². The van der Waals surface area contributed by atoms with Crippen LogP contribution in [0.5, 0.6) is 0 Å². The fraction of sp³-hybridized carbons (Fsp3) is 0.462. The first-order valence-corrected chi connectivity index (χ1v) is 6.22. The van der Waals surface area contributed by atoms with Crippen molar-refractivity contribution in [1.82, 2.24) is 25.7 Å². The van der Waals surface area contributed by atoms with Crippen molar-refractivity contribution in [3.63, 3.8) is 0 Å². The zero-order valence-electron chi connectivity index (χ0n) is 11.4. The van der Waals surface area contributed by atoms with E-state index in [1.165, 1.54) is 0 Å². The maximum Gasteiger partial charge on any atom is 0.131 e. The van der Waals surface area contributed by atoms with Gasteiger partial charge in [0.1, 0.15) is 5.69 Å². The summed E-state index contributed by atoms with van der Waals surface area (Å²) in [6, 6.07) is 3.66. The van der Waals surface area contributed by atoms with Gasteiger partial charge in [0.25, 0.3) is 0 Å². The van der Waals surface area contributed by atoms with Crippen LogP contribution >= 0.6 is 0 Å². The summed E-state index contributed by atoms with van der Waals surface area (Å²) in [6.45, 7) is 6.63. The Hall–Kier alpha value is -1.79. The molecule has 102 valence electrons. The smallest absolute Gasteiger partial charge is 0.131 e. The van der Waals surface area contributed by atoms with E-state index in [9.17, 15) is 5.11 Å². The molecule has 0 bridgehead atoms. The van der Waals surface area contributed by atoms with E-state index >= 15 is 0 Å². The molecule has 0 aliphatic rings. The minimum Gasteiger partial charge on any atom is -0.387 e. The lowest BCUT2D eigenvalue weighted by atomic mass is 10.0. The molecule has 2 aromatic rings. The predicted molar refractivity (Wildman–Crippen MR) is 72.3 cm³/mol. The van der Waals surface area contributed by atoms with Gasteiger partial charge >= 0.3 is 0 Å². The Morgan fingerprint density at radius 1 is 1.42 bits per heavy atom. The number of hydrogen-bond donors (Lipinski definition) is 3. The first-order chi connectivity index (χ1) is 8.97. The minimum absolute atomic E-state index is 0.0444. The molecule has 0 spiro atoms. The Morgan fingerprint density at radius 2 is 2.21 bits per heavy atom. The number of β-amino-alcohol motifs (C(OH)–C–C–N with tert-alkyl or cyclic N) is 1. The molecule has 0 saturated carbocycles. The molecule has 2 heterocycles. The summed E-state index contributed by atoms with van der Waals surface area (Å²) in [6.07, 6.45) is 2.70. The number of hydrogen-bond acceptors (Lipinski definition) is 5. The van der Waals surface area contributed by atoms with Gasteiger partial charge in [-0.25, -0.2) is 0 Å². The lowest BCUT2D eigenvalue weighted by Crippen LogP contribution is -2.38. The van der Waals surface area contributed by atoms with Crippen LogP contribution in [0.2, 0.25) is 0 Å². The van der Waals surface area contributed by atoms with Crippen molar-refractivity contribution in [1.29, 1.82) is 0 Å². The first-order valence-electron chi connectivity index (χ1n) is 6.22. The summed E-state index contributed by atoms with van der Waals surface area (Å²) in [4.78, 5) is 4.28. The number of nitrogens with one attached hydrogen (secondary N) is 2. The van der Waals surface area contributed by atoms with Crippen LogP contribution in [-0.2, 0) is 0 Å². The van der Waals surface area contributed by atoms with E-state index in [-0.39, 0.29) is 5.54 Å². The van der Waals surface area contributed by atoms with Crippen molar-refractivity contribution in [3.8, 4) is 11.4 Å². The van der Waals surface area contributed by atoms with E-state index in [0.717, 1.165) is 5.56 Å². The number of aliphatic hydroxyl groups is 1. The highest BCUT2D eigenvalue weighted by atomic mass is 16.3. The second kappa shape index (κ2) is 5.46. The quantitative estimate of drug-likeness (QED) is 0.772. The van der Waals surface area contributed by atoms with Crippen molar-refractivity contribution < 1.29 is 5.11 Å². The molecule has 1 atom stereocenters. The number of aromatic amines is 1. The van der Waals surface area contributed by atoms with Crippen molar-refractivity contribution in [2.45, 2.75) is 32.4 Å². The normalized spacial score (nSPS) is 13.5. The van der Waals surface area contributed by atoms with E-state index in [2.05, 4.69) is 46.5 Å². The Kier molecular flexibility index (Phi) is 3.92. The molecule has 6 heteroatoms. The van der Waals surface area contributed by atoms with Gasteiger partial charge in [-0.15, -0.1) is 5.10 Å². The minimum atomic E-state index is -0.639. The maximum atomic E-state index is 10.3. The molecule has 0 unspecified atom stereocenters. The molecule has 0 fully saturated rings. The summed E-state index contributed by atoms with van der Waals surface area (Å²) in [5, 5.41) is 23.8. The molecular weight excluding hydrogens is 242 g/mol. The van der Waals surface area contributed by atoms with Crippen LogP contribution in [0.3, 0.4) is 0 Å². The lowest BCUT2D eigenvalue weighted by molar-refractivity contribution is 0.163. The van der Waals surface area contributed by atoms with E-state index in [4.69, 9.17) is 0 Å². The fourth-order valence-electron chi connectivity index (χ4n) is 1.73. The van der Waals surface area contributed by atoms with Gasteiger partial charge in [0, 0.05) is 23.8 Å². The number of aromatic nitrogens is 4. The SMILES string of the molecule is CC(C)(C)NC[C@H](O)c1cccnc1-c1c[nH]nn1. The summed E-state index contributed by atoms with van der Waals surface area (Å²) in [5.74, 6) is 0. The lowest BCUT2D eigenvalue weighted by Gasteiger charge is -2.23. The number of rotatable bonds is 4. The van der Waals surface area contributed by atoms with Crippen molar-refractivity contribution in [2.24, 2.45) is 0 Å². The molecule has 0 aliphatic carbocycles. The molecule has 2 aromatic heterocycles. The van der Waals surface area contributed by atoms with Crippen LogP contribution < -0.4 is 5.32 Å². The highest BCUT2D eigenvalue weighted by Crippen LogP contribution is 2.23. The molecule has 0 amide bonds. The van der Waals surface area contributed by atoms with Crippen molar-refractivity contribution in [3.05, 3.63) is 30.1 Å². The van der Waals surface area contributed by atoms with Gasteiger partial charge in [0.15, 0.2) is 0 Å². The van der Waals surface area contributed by atoms with Gasteiger partial charge in [-0.05, 0) is 26.8 Å². The van der Waals surface area contributed by atoms with Gasteiger partial charge in [-0.3, -0.25) is 10.1 Å². The van der Waals surface area contributed by atoms with Crippen LogP contribution in [0.15, 0.2) is 24.5 Å². The average Bonchev–Trinajstić information content (AvgIpc) is 2.89. The van der Waals surface area contributed by atoms with Crippen molar-refractivity contribution in [2.75, 3.05) is 6.54 Å². The van der Waals surface area contributed by atoms with Gasteiger partial charge < -0.3 is 10.4 Å². The molecular formula is C13H19N5O. The highest BCUT2D eigenvalue weighted by Gasteiger charge is 2.18. The standard InChI is InChI=1S/C13H19N5O/c1-13(2,3)15-8-11(19)9-5-4-6-14-12(9)10-7-16-18-17-10/h4-7,11,15,19H,8H2,1-3H3,(H,16,17,18)/t11-/m0/s1. The fourth-order valence-corrected chi connectivity index (χ4v) is 1.73. The second-order valence-corrected chi connectivity index (χ2v) is 5.45. The Balaban J connectivity index is 2.20. The number of pyridine rings is 1. The average molecular weight is 261 g/mol. The molecule has 19 heavy (non-hydrogen) atoms. The van der Waals surface area contributed by atoms with E-state index in [1.807, 2.05) is 6.07 Å². The van der Waals surface area contributed by atoms with Gasteiger partial charge in [0.2, 0.25) is 0 Å². The Morgan fingerprint density at radius 3 is 2.84 bits per heavy atom. The molecule has 0 aliphatic heterocycles. The second-order valence-electron chi connectivity index (χ2n) is 5.45. The molecule has 2 rings (SSSR count). The van der Waals surface area contributed by atoms with Crippen LogP contribution in [0.4, 0.5) is 0 Å². The largest absolute Gasteiger partial charge is 0.387 e. The number of aliphatic hydroxyl groups excluding tert-OH is 1. The maximum absolute atomic E-state index is 10.3. The number of nitrogens with zero attached hydrogens (tertiary/aromatic N) is 3. The monoisotopic (exact) mass is 261 g/mol. The zero-order chi connectivity index (χ0) is 13.9. The predicted octanol–water partition coefficient (Wildman–Crippen LogP) is 1.29. The Labute approximate surface area is 112 Å². The van der Waals surface area contributed by atoms with Crippen LogP contribution in [0.1, 0.15) is 32.4 Å². The van der Waals surface area contributed by atoms with Gasteiger partial charge in [0.05, 0.1) is 18.0 Å². The van der Waals surface area contributed by atoms with E-state index in [0.29, 0.717) is 17.9 Å². The molecule has 0 aromatic carbocycles.